The van der Waals surface area contributed by atoms with Crippen molar-refractivity contribution >= 4 is 28.1 Å². The molecule has 0 aliphatic carbocycles. The average molecular weight is 297 g/mol. The number of benzene rings is 1. The number of hydrogen-bond acceptors (Lipinski definition) is 4. The molecule has 1 aromatic heterocycles. The Kier molecular flexibility index (Phi) is 4.39. The van der Waals surface area contributed by atoms with Crippen molar-refractivity contribution in [1.29, 1.82) is 0 Å². The number of methoxy groups -OCH3 is 1. The van der Waals surface area contributed by atoms with Crippen LogP contribution in [0.5, 0.6) is 5.88 Å². The maximum absolute atomic E-state index is 12.3. The number of anilines is 1. The minimum Gasteiger partial charge on any atom is -0.481 e. The summed E-state index contributed by atoms with van der Waals surface area (Å²) >= 11 is 5.82. The number of halogens is 1. The first kappa shape index (κ1) is 13.8. The summed E-state index contributed by atoms with van der Waals surface area (Å²) in [4.78, 5) is 4.64. The van der Waals surface area contributed by atoms with Crippen LogP contribution in [0.25, 0.3) is 0 Å². The fourth-order valence-corrected chi connectivity index (χ4v) is 3.04. The zero-order valence-corrected chi connectivity index (χ0v) is 11.9. The summed E-state index contributed by atoms with van der Waals surface area (Å²) in [5.41, 5.74) is 7.02. The van der Waals surface area contributed by atoms with Crippen molar-refractivity contribution < 1.29 is 8.95 Å². The van der Waals surface area contributed by atoms with Crippen LogP contribution in [-0.4, -0.2) is 16.3 Å². The van der Waals surface area contributed by atoms with E-state index in [1.165, 1.54) is 7.11 Å². The Hall–Kier alpha value is -1.59. The molecule has 0 aliphatic rings. The summed E-state index contributed by atoms with van der Waals surface area (Å²) in [5, 5.41) is 0.525. The standard InChI is InChI=1S/C13H13ClN2O2S/c1-18-13-9(3-2-6-16-13)8-19(17)12-5-4-10(14)7-11(12)15/h2-7H,8,15H2,1H3. The van der Waals surface area contributed by atoms with Gasteiger partial charge in [-0.05, 0) is 24.3 Å². The molecule has 2 aromatic rings. The van der Waals surface area contributed by atoms with Crippen LogP contribution in [0.4, 0.5) is 5.69 Å². The number of aromatic nitrogens is 1. The lowest BCUT2D eigenvalue weighted by Gasteiger charge is -2.08. The fourth-order valence-electron chi connectivity index (χ4n) is 1.66. The monoisotopic (exact) mass is 296 g/mol. The summed E-state index contributed by atoms with van der Waals surface area (Å²) in [5.74, 6) is 0.770. The highest BCUT2D eigenvalue weighted by molar-refractivity contribution is 7.84. The molecule has 1 unspecified atom stereocenters. The number of nitrogens with zero attached hydrogens (tertiary/aromatic N) is 1. The van der Waals surface area contributed by atoms with Crippen LogP contribution in [0.1, 0.15) is 5.56 Å². The smallest absolute Gasteiger partial charge is 0.217 e. The Morgan fingerprint density at radius 1 is 1.42 bits per heavy atom. The van der Waals surface area contributed by atoms with Crippen LogP contribution in [-0.2, 0) is 16.6 Å². The van der Waals surface area contributed by atoms with E-state index in [1.54, 1.807) is 30.5 Å². The van der Waals surface area contributed by atoms with Crippen molar-refractivity contribution in [2.24, 2.45) is 0 Å². The van der Waals surface area contributed by atoms with Crippen LogP contribution in [0.2, 0.25) is 5.02 Å². The van der Waals surface area contributed by atoms with Gasteiger partial charge in [-0.15, -0.1) is 0 Å². The normalized spacial score (nSPS) is 12.1. The van der Waals surface area contributed by atoms with Crippen molar-refractivity contribution in [3.63, 3.8) is 0 Å². The maximum Gasteiger partial charge on any atom is 0.217 e. The number of nitrogen functional groups attached to an aromatic ring is 1. The molecule has 0 spiro atoms. The van der Waals surface area contributed by atoms with Gasteiger partial charge in [-0.2, -0.15) is 0 Å². The minimum atomic E-state index is -1.27. The lowest BCUT2D eigenvalue weighted by molar-refractivity contribution is 0.394. The Bertz CT molecular complexity index is 619. The lowest BCUT2D eigenvalue weighted by Crippen LogP contribution is -2.03. The van der Waals surface area contributed by atoms with Gasteiger partial charge in [0.15, 0.2) is 0 Å². The first-order valence-corrected chi connectivity index (χ1v) is 7.23. The summed E-state index contributed by atoms with van der Waals surface area (Å²) in [7, 11) is 0.263. The minimum absolute atomic E-state index is 0.294. The molecule has 0 fully saturated rings. The Morgan fingerprint density at radius 3 is 2.89 bits per heavy atom. The molecule has 0 saturated carbocycles. The van der Waals surface area contributed by atoms with Gasteiger partial charge in [0.1, 0.15) is 0 Å². The average Bonchev–Trinajstić information content (AvgIpc) is 2.39. The van der Waals surface area contributed by atoms with Gasteiger partial charge >= 0.3 is 0 Å². The second-order valence-corrected chi connectivity index (χ2v) is 5.70. The van der Waals surface area contributed by atoms with Gasteiger partial charge in [0.25, 0.3) is 0 Å². The molecule has 100 valence electrons. The summed E-state index contributed by atoms with van der Waals surface area (Å²) in [6, 6.07) is 8.55. The number of ether oxygens (including phenoxy) is 1. The van der Waals surface area contributed by atoms with Crippen molar-refractivity contribution in [1.82, 2.24) is 4.98 Å². The van der Waals surface area contributed by atoms with Gasteiger partial charge in [-0.1, -0.05) is 17.7 Å². The van der Waals surface area contributed by atoms with E-state index in [4.69, 9.17) is 22.1 Å². The molecule has 2 N–H and O–H groups in total. The van der Waals surface area contributed by atoms with Crippen molar-refractivity contribution in [3.05, 3.63) is 47.1 Å². The van der Waals surface area contributed by atoms with E-state index in [0.717, 1.165) is 5.56 Å². The second kappa shape index (κ2) is 6.04. The van der Waals surface area contributed by atoms with Gasteiger partial charge in [0, 0.05) is 22.5 Å². The molecule has 2 rings (SSSR count). The first-order valence-electron chi connectivity index (χ1n) is 5.53. The predicted octanol–water partition coefficient (Wildman–Crippen LogP) is 2.63. The lowest BCUT2D eigenvalue weighted by atomic mass is 10.3. The zero-order valence-electron chi connectivity index (χ0n) is 10.3. The Labute approximate surface area is 119 Å². The molecule has 0 radical (unpaired) electrons. The highest BCUT2D eigenvalue weighted by Gasteiger charge is 2.12. The van der Waals surface area contributed by atoms with E-state index in [-0.39, 0.29) is 0 Å². The van der Waals surface area contributed by atoms with Crippen LogP contribution < -0.4 is 10.5 Å². The summed E-state index contributed by atoms with van der Waals surface area (Å²) in [6.07, 6.45) is 1.63. The molecular formula is C13H13ClN2O2S. The molecule has 1 aromatic carbocycles. The van der Waals surface area contributed by atoms with E-state index in [9.17, 15) is 4.21 Å². The third kappa shape index (κ3) is 3.24. The largest absolute Gasteiger partial charge is 0.481 e. The zero-order chi connectivity index (χ0) is 13.8. The summed E-state index contributed by atoms with van der Waals surface area (Å²) < 4.78 is 17.5. The van der Waals surface area contributed by atoms with Crippen LogP contribution >= 0.6 is 11.6 Å². The maximum atomic E-state index is 12.3. The molecule has 1 heterocycles. The number of nitrogens with two attached hydrogens (primary N) is 1. The third-order valence-corrected chi connectivity index (χ3v) is 4.22. The molecule has 4 nitrogen and oxygen atoms in total. The fraction of sp³-hybridized carbons (Fsp3) is 0.154. The van der Waals surface area contributed by atoms with E-state index >= 15 is 0 Å². The first-order chi connectivity index (χ1) is 9.11. The Morgan fingerprint density at radius 2 is 2.21 bits per heavy atom. The molecule has 19 heavy (non-hydrogen) atoms. The summed E-state index contributed by atoms with van der Waals surface area (Å²) in [6.45, 7) is 0. The molecule has 6 heteroatoms. The van der Waals surface area contributed by atoms with Crippen molar-refractivity contribution in [2.75, 3.05) is 12.8 Å². The quantitative estimate of drug-likeness (QED) is 0.881. The highest BCUT2D eigenvalue weighted by Crippen LogP contribution is 2.24. The number of hydrogen-bond donors (Lipinski definition) is 1. The van der Waals surface area contributed by atoms with Gasteiger partial charge in [-0.25, -0.2) is 4.98 Å². The molecule has 0 aliphatic heterocycles. The number of rotatable bonds is 4. The highest BCUT2D eigenvalue weighted by atomic mass is 35.5. The van der Waals surface area contributed by atoms with E-state index < -0.39 is 10.8 Å². The van der Waals surface area contributed by atoms with Gasteiger partial charge in [-0.3, -0.25) is 4.21 Å². The van der Waals surface area contributed by atoms with E-state index in [0.29, 0.717) is 27.2 Å². The molecule has 0 saturated heterocycles. The number of pyridine rings is 1. The molecule has 1 atom stereocenters. The SMILES string of the molecule is COc1ncccc1CS(=O)c1ccc(Cl)cc1N. The molecule has 0 bridgehead atoms. The topological polar surface area (TPSA) is 65.2 Å². The van der Waals surface area contributed by atoms with Crippen LogP contribution in [0, 0.1) is 0 Å². The van der Waals surface area contributed by atoms with Crippen LogP contribution in [0.15, 0.2) is 41.4 Å². The van der Waals surface area contributed by atoms with Crippen LogP contribution in [0.3, 0.4) is 0 Å². The Balaban J connectivity index is 2.26. The predicted molar refractivity (Wildman–Crippen MR) is 76.8 cm³/mol. The van der Waals surface area contributed by atoms with E-state index in [1.807, 2.05) is 6.07 Å². The van der Waals surface area contributed by atoms with Crippen molar-refractivity contribution in [2.45, 2.75) is 10.6 Å². The third-order valence-electron chi connectivity index (χ3n) is 2.55. The second-order valence-electron chi connectivity index (χ2n) is 3.84. The molecule has 0 amide bonds. The van der Waals surface area contributed by atoms with Gasteiger partial charge in [0.2, 0.25) is 5.88 Å². The van der Waals surface area contributed by atoms with Gasteiger partial charge in [0.05, 0.1) is 28.6 Å². The van der Waals surface area contributed by atoms with Crippen molar-refractivity contribution in [3.8, 4) is 5.88 Å². The molecular weight excluding hydrogens is 284 g/mol. The van der Waals surface area contributed by atoms with Gasteiger partial charge < -0.3 is 10.5 Å². The van der Waals surface area contributed by atoms with E-state index in [2.05, 4.69) is 4.98 Å².